The van der Waals surface area contributed by atoms with Gasteiger partial charge in [-0.25, -0.2) is 17.6 Å². The highest BCUT2D eigenvalue weighted by atomic mass is 32.2. The molecule has 3 fully saturated rings. The molecule has 0 bridgehead atoms. The van der Waals surface area contributed by atoms with Gasteiger partial charge in [0.2, 0.25) is 21.8 Å². The third-order valence-corrected chi connectivity index (χ3v) is 12.6. The van der Waals surface area contributed by atoms with Gasteiger partial charge in [-0.2, -0.15) is 13.2 Å². The maximum absolute atomic E-state index is 14.5. The van der Waals surface area contributed by atoms with E-state index in [1.165, 1.54) is 28.1 Å². The van der Waals surface area contributed by atoms with E-state index in [4.69, 9.17) is 4.74 Å². The molecule has 6 rings (SSSR count). The van der Waals surface area contributed by atoms with E-state index in [-0.39, 0.29) is 50.4 Å². The zero-order valence-corrected chi connectivity index (χ0v) is 30.7. The van der Waals surface area contributed by atoms with Gasteiger partial charge in [0.1, 0.15) is 23.5 Å². The number of nitrogens with zero attached hydrogens (tertiary/aromatic N) is 3. The van der Waals surface area contributed by atoms with E-state index < -0.39 is 85.7 Å². The number of ether oxygens (including phenoxy) is 1. The van der Waals surface area contributed by atoms with Crippen LogP contribution in [0.3, 0.4) is 0 Å². The zero-order chi connectivity index (χ0) is 38.7. The van der Waals surface area contributed by atoms with Gasteiger partial charge in [-0.3, -0.25) is 29.0 Å². The summed E-state index contributed by atoms with van der Waals surface area (Å²) in [7, 11) is -3.94. The lowest BCUT2D eigenvalue weighted by Crippen LogP contribution is -2.57. The molecule has 0 spiro atoms. The van der Waals surface area contributed by atoms with Crippen molar-refractivity contribution in [3.8, 4) is 0 Å². The van der Waals surface area contributed by atoms with Crippen molar-refractivity contribution in [2.75, 3.05) is 6.54 Å². The molecular formula is C36H43F4N5O7S. The highest BCUT2D eigenvalue weighted by Crippen LogP contribution is 2.47. The van der Waals surface area contributed by atoms with E-state index in [1.807, 2.05) is 0 Å². The zero-order valence-electron chi connectivity index (χ0n) is 29.8. The molecule has 2 N–H and O–H groups in total. The van der Waals surface area contributed by atoms with E-state index >= 15 is 0 Å². The maximum atomic E-state index is 14.5. The van der Waals surface area contributed by atoms with Gasteiger partial charge in [-0.1, -0.05) is 46.2 Å². The van der Waals surface area contributed by atoms with Crippen LogP contribution in [0.2, 0.25) is 0 Å². The third kappa shape index (κ3) is 7.99. The molecule has 53 heavy (non-hydrogen) atoms. The Morgan fingerprint density at radius 1 is 1.09 bits per heavy atom. The van der Waals surface area contributed by atoms with E-state index in [0.29, 0.717) is 36.6 Å². The van der Waals surface area contributed by atoms with Crippen molar-refractivity contribution in [1.29, 1.82) is 0 Å². The predicted octanol–water partition coefficient (Wildman–Crippen LogP) is 4.46. The molecule has 1 aromatic carbocycles. The summed E-state index contributed by atoms with van der Waals surface area (Å²) in [5.74, 6) is -4.05. The van der Waals surface area contributed by atoms with E-state index in [0.717, 1.165) is 6.07 Å². The van der Waals surface area contributed by atoms with E-state index in [9.17, 15) is 45.2 Å². The normalized spacial score (nSPS) is 24.7. The molecule has 1 saturated heterocycles. The standard InChI is InChI=1S/C36H43F4N5O7S/c1-5-22-14-35(22,32(48)43-53(50,51)25-9-10-25)42-30(46)29-13-24(52-33(49)44-17-21-7-6-8-28(37)26(21)19-44)18-45(29)31(47)27(34(2,3)4)12-20-11-23(16-41-15-20)36(38,39)40/h6-8,11,15-16,22,24-25,27,29H,5,9-10,12-14,17-19H2,1-4H3,(H,42,46)(H,43,48)/t22-,24-,27-,29+,35-/m1/s1. The molecule has 0 radical (unpaired) electrons. The highest BCUT2D eigenvalue weighted by molar-refractivity contribution is 7.91. The number of likely N-dealkylation sites (tertiary alicyclic amines) is 1. The number of rotatable bonds is 10. The molecule has 2 aliphatic heterocycles. The van der Waals surface area contributed by atoms with Gasteiger partial charge in [-0.15, -0.1) is 0 Å². The first kappa shape index (κ1) is 38.4. The molecule has 4 aliphatic rings. The van der Waals surface area contributed by atoms with Crippen LogP contribution in [0.15, 0.2) is 36.7 Å². The summed E-state index contributed by atoms with van der Waals surface area (Å²) in [4.78, 5) is 61.8. The quantitative estimate of drug-likeness (QED) is 0.336. The molecule has 3 heterocycles. The number of benzene rings is 1. The molecule has 2 aliphatic carbocycles. The third-order valence-electron chi connectivity index (χ3n) is 10.8. The predicted molar refractivity (Wildman–Crippen MR) is 181 cm³/mol. The molecule has 288 valence electrons. The minimum atomic E-state index is -4.67. The second-order valence-corrected chi connectivity index (χ2v) is 17.6. The lowest BCUT2D eigenvalue weighted by molar-refractivity contribution is -0.145. The number of carbonyl (C=O) groups is 4. The lowest BCUT2D eigenvalue weighted by atomic mass is 9.76. The average Bonchev–Trinajstić information content (AvgIpc) is 3.97. The fourth-order valence-corrected chi connectivity index (χ4v) is 8.72. The van der Waals surface area contributed by atoms with Crippen LogP contribution in [0.25, 0.3) is 0 Å². The molecule has 17 heteroatoms. The van der Waals surface area contributed by atoms with E-state index in [2.05, 4.69) is 15.0 Å². The summed E-state index contributed by atoms with van der Waals surface area (Å²) >= 11 is 0. The Balaban J connectivity index is 1.26. The fraction of sp³-hybridized carbons (Fsp3) is 0.583. The van der Waals surface area contributed by atoms with Gasteiger partial charge in [0, 0.05) is 36.8 Å². The second kappa shape index (κ2) is 13.9. The molecule has 0 unspecified atom stereocenters. The minimum Gasteiger partial charge on any atom is -0.444 e. The van der Waals surface area contributed by atoms with Crippen molar-refractivity contribution in [1.82, 2.24) is 24.8 Å². The van der Waals surface area contributed by atoms with Crippen LogP contribution in [-0.2, 0) is 54.8 Å². The average molecular weight is 766 g/mol. The summed E-state index contributed by atoms with van der Waals surface area (Å²) in [6, 6.07) is 4.14. The SMILES string of the molecule is CC[C@@H]1C[C@]1(NC(=O)[C@@H]1C[C@@H](OC(=O)N2Cc3cccc(F)c3C2)CN1C(=O)[C@@H](Cc1cncc(C(F)(F)F)c1)C(C)(C)C)C(=O)NS(=O)(=O)C1CC1. The van der Waals surface area contributed by atoms with Crippen LogP contribution in [-0.4, -0.2) is 76.5 Å². The molecule has 2 saturated carbocycles. The summed E-state index contributed by atoms with van der Waals surface area (Å²) in [6.07, 6.45) is -3.44. The van der Waals surface area contributed by atoms with Crippen LogP contribution in [0.4, 0.5) is 22.4 Å². The summed E-state index contributed by atoms with van der Waals surface area (Å²) in [6.45, 7) is 6.79. The van der Waals surface area contributed by atoms with Gasteiger partial charge >= 0.3 is 12.3 Å². The Kier molecular flexibility index (Phi) is 10.0. The number of nitrogens with one attached hydrogen (secondary N) is 2. The Morgan fingerprint density at radius 3 is 2.42 bits per heavy atom. The number of sulfonamides is 1. The van der Waals surface area contributed by atoms with Crippen LogP contribution in [0.1, 0.15) is 82.1 Å². The molecule has 4 amide bonds. The fourth-order valence-electron chi connectivity index (χ4n) is 7.35. The Labute approximate surface area is 305 Å². The number of fused-ring (bicyclic) bond motifs is 1. The van der Waals surface area contributed by atoms with Gasteiger partial charge in [-0.05, 0) is 60.3 Å². The molecule has 5 atom stereocenters. The number of aromatic nitrogens is 1. The minimum absolute atomic E-state index is 0.0446. The highest BCUT2D eigenvalue weighted by Gasteiger charge is 2.62. The Bertz CT molecular complexity index is 1920. The van der Waals surface area contributed by atoms with Crippen molar-refractivity contribution in [2.45, 2.75) is 108 Å². The molecule has 1 aromatic heterocycles. The van der Waals surface area contributed by atoms with Crippen LogP contribution in [0, 0.1) is 23.1 Å². The van der Waals surface area contributed by atoms with Gasteiger partial charge in [0.05, 0.1) is 23.9 Å². The van der Waals surface area contributed by atoms with Crippen LogP contribution < -0.4 is 10.0 Å². The summed E-state index contributed by atoms with van der Waals surface area (Å²) in [5, 5.41) is 2.06. The largest absolute Gasteiger partial charge is 0.444 e. The van der Waals surface area contributed by atoms with Crippen LogP contribution in [0.5, 0.6) is 0 Å². The van der Waals surface area contributed by atoms with Gasteiger partial charge < -0.3 is 15.0 Å². The first-order valence-electron chi connectivity index (χ1n) is 17.6. The van der Waals surface area contributed by atoms with Crippen molar-refractivity contribution in [3.05, 3.63) is 64.7 Å². The summed E-state index contributed by atoms with van der Waals surface area (Å²) < 4.78 is 88.3. The van der Waals surface area contributed by atoms with Crippen LogP contribution >= 0.6 is 0 Å². The number of hydrogen-bond acceptors (Lipinski definition) is 8. The number of pyridine rings is 1. The smallest absolute Gasteiger partial charge is 0.417 e. The topological polar surface area (TPSA) is 155 Å². The lowest BCUT2D eigenvalue weighted by Gasteiger charge is -2.35. The summed E-state index contributed by atoms with van der Waals surface area (Å²) in [5.41, 5.74) is -2.25. The number of carbonyl (C=O) groups excluding carboxylic acids is 4. The maximum Gasteiger partial charge on any atom is 0.417 e. The Hall–Kier alpha value is -4.28. The number of amides is 4. The first-order chi connectivity index (χ1) is 24.7. The van der Waals surface area contributed by atoms with Crippen molar-refractivity contribution < 1.29 is 49.9 Å². The van der Waals surface area contributed by atoms with E-state index in [1.54, 1.807) is 33.8 Å². The first-order valence-corrected chi connectivity index (χ1v) is 19.2. The second-order valence-electron chi connectivity index (χ2n) is 15.6. The Morgan fingerprint density at radius 2 is 1.81 bits per heavy atom. The molecular weight excluding hydrogens is 722 g/mol. The number of hydrogen-bond donors (Lipinski definition) is 2. The monoisotopic (exact) mass is 765 g/mol. The van der Waals surface area contributed by atoms with Crippen molar-refractivity contribution in [3.63, 3.8) is 0 Å². The van der Waals surface area contributed by atoms with Gasteiger partial charge in [0.15, 0.2) is 0 Å². The van der Waals surface area contributed by atoms with Crippen molar-refractivity contribution >= 4 is 33.8 Å². The molecule has 2 aromatic rings. The molecule has 12 nitrogen and oxygen atoms in total. The number of alkyl halides is 3. The van der Waals surface area contributed by atoms with Gasteiger partial charge in [0.25, 0.3) is 5.91 Å². The number of halogens is 4. The van der Waals surface area contributed by atoms with Crippen molar-refractivity contribution in [2.24, 2.45) is 17.3 Å².